The Morgan fingerprint density at radius 3 is 2.32 bits per heavy atom. The summed E-state index contributed by atoms with van der Waals surface area (Å²) < 4.78 is 15.7. The van der Waals surface area contributed by atoms with Gasteiger partial charge in [0.2, 0.25) is 5.75 Å². The second-order valence-electron chi connectivity index (χ2n) is 3.98. The average Bonchev–Trinajstić information content (AvgIpc) is 2.42. The first-order chi connectivity index (χ1) is 9.04. The third kappa shape index (κ3) is 3.51. The molecule has 6 heteroatoms. The van der Waals surface area contributed by atoms with Crippen LogP contribution < -0.4 is 19.9 Å². The first-order valence-electron chi connectivity index (χ1n) is 5.81. The molecule has 0 aliphatic rings. The number of aliphatic carboxylic acids is 1. The summed E-state index contributed by atoms with van der Waals surface area (Å²) in [5.74, 6) is 0.580. The third-order valence-electron chi connectivity index (χ3n) is 2.83. The molecule has 19 heavy (non-hydrogen) atoms. The summed E-state index contributed by atoms with van der Waals surface area (Å²) in [6, 6.07) is 2.68. The molecule has 0 radical (unpaired) electrons. The van der Waals surface area contributed by atoms with E-state index < -0.39 is 12.0 Å². The minimum Gasteiger partial charge on any atom is -0.493 e. The second-order valence-corrected chi connectivity index (χ2v) is 3.98. The lowest BCUT2D eigenvalue weighted by Gasteiger charge is -2.16. The van der Waals surface area contributed by atoms with Crippen molar-refractivity contribution >= 4 is 5.97 Å². The highest BCUT2D eigenvalue weighted by Gasteiger charge is 2.18. The Morgan fingerprint density at radius 1 is 1.21 bits per heavy atom. The summed E-state index contributed by atoms with van der Waals surface area (Å²) in [5.41, 5.74) is 6.32. The fraction of sp³-hybridized carbons (Fsp3) is 0.462. The predicted octanol–water partition coefficient (Wildman–Crippen LogP) is 1.06. The number of carbonyl (C=O) groups is 1. The number of rotatable bonds is 7. The molecule has 1 rings (SSSR count). The minimum absolute atomic E-state index is 0.321. The molecule has 0 saturated carbocycles. The Labute approximate surface area is 112 Å². The number of benzene rings is 1. The summed E-state index contributed by atoms with van der Waals surface area (Å²) >= 11 is 0. The van der Waals surface area contributed by atoms with Crippen LogP contribution in [-0.2, 0) is 11.2 Å². The highest BCUT2D eigenvalue weighted by Crippen LogP contribution is 2.40. The lowest BCUT2D eigenvalue weighted by molar-refractivity contribution is -0.138. The molecule has 1 aromatic carbocycles. The zero-order chi connectivity index (χ0) is 14.4. The van der Waals surface area contributed by atoms with Gasteiger partial charge in [0.25, 0.3) is 0 Å². The number of ether oxygens (including phenoxy) is 3. The minimum atomic E-state index is -1.01. The van der Waals surface area contributed by atoms with Gasteiger partial charge in [-0.05, 0) is 24.5 Å². The topological polar surface area (TPSA) is 91.0 Å². The Hall–Kier alpha value is -1.95. The summed E-state index contributed by atoms with van der Waals surface area (Å²) in [6.07, 6.45) is 0.804. The number of hydrogen-bond acceptors (Lipinski definition) is 5. The maximum Gasteiger partial charge on any atom is 0.320 e. The molecule has 1 aromatic rings. The summed E-state index contributed by atoms with van der Waals surface area (Å²) in [6.45, 7) is 0. The van der Waals surface area contributed by atoms with Crippen molar-refractivity contribution in [1.82, 2.24) is 0 Å². The van der Waals surface area contributed by atoms with Crippen molar-refractivity contribution in [3.8, 4) is 17.2 Å². The van der Waals surface area contributed by atoms with Gasteiger partial charge in [0.15, 0.2) is 11.5 Å². The number of carboxylic acid groups (broad SMARTS) is 1. The number of carboxylic acids is 1. The Kier molecular flexibility index (Phi) is 5.44. The van der Waals surface area contributed by atoms with Gasteiger partial charge in [0.1, 0.15) is 6.04 Å². The first-order valence-corrected chi connectivity index (χ1v) is 5.81. The van der Waals surface area contributed by atoms with E-state index >= 15 is 0 Å². The Balaban J connectivity index is 2.98. The van der Waals surface area contributed by atoms with Crippen molar-refractivity contribution in [2.45, 2.75) is 18.9 Å². The standard InChI is InChI=1S/C13H19NO5/c1-17-10-7-5-8(4-6-9(14)13(15)16)11(18-2)12(10)19-3/h5,7,9H,4,6,14H2,1-3H3,(H,15,16)/t9-/m1/s1. The number of methoxy groups -OCH3 is 3. The summed E-state index contributed by atoms with van der Waals surface area (Å²) in [4.78, 5) is 10.7. The molecule has 106 valence electrons. The van der Waals surface area contributed by atoms with Gasteiger partial charge in [-0.3, -0.25) is 4.79 Å². The number of hydrogen-bond donors (Lipinski definition) is 2. The van der Waals surface area contributed by atoms with Crippen molar-refractivity contribution in [2.24, 2.45) is 5.73 Å². The van der Waals surface area contributed by atoms with Crippen LogP contribution in [0, 0.1) is 0 Å². The van der Waals surface area contributed by atoms with Gasteiger partial charge in [-0.15, -0.1) is 0 Å². The maximum atomic E-state index is 10.7. The molecule has 0 saturated heterocycles. The molecular formula is C13H19NO5. The van der Waals surface area contributed by atoms with E-state index in [-0.39, 0.29) is 0 Å². The molecule has 0 aromatic heterocycles. The zero-order valence-corrected chi connectivity index (χ0v) is 11.3. The van der Waals surface area contributed by atoms with Crippen LogP contribution in [0.2, 0.25) is 0 Å². The van der Waals surface area contributed by atoms with Crippen LogP contribution in [0.5, 0.6) is 17.2 Å². The van der Waals surface area contributed by atoms with Gasteiger partial charge in [0.05, 0.1) is 21.3 Å². The van der Waals surface area contributed by atoms with Crippen LogP contribution in [0.25, 0.3) is 0 Å². The van der Waals surface area contributed by atoms with E-state index in [0.717, 1.165) is 5.56 Å². The average molecular weight is 269 g/mol. The van der Waals surface area contributed by atoms with Crippen molar-refractivity contribution in [3.63, 3.8) is 0 Å². The fourth-order valence-corrected chi connectivity index (χ4v) is 1.79. The molecule has 1 atom stereocenters. The van der Waals surface area contributed by atoms with Gasteiger partial charge in [-0.1, -0.05) is 6.07 Å². The SMILES string of the molecule is COc1ccc(CC[C@@H](N)C(=O)O)c(OC)c1OC. The van der Waals surface area contributed by atoms with Crippen LogP contribution in [-0.4, -0.2) is 38.4 Å². The first kappa shape index (κ1) is 15.1. The molecule has 0 fully saturated rings. The molecule has 0 amide bonds. The van der Waals surface area contributed by atoms with Crippen LogP contribution in [0.3, 0.4) is 0 Å². The van der Waals surface area contributed by atoms with E-state index in [4.69, 9.17) is 25.1 Å². The lowest BCUT2D eigenvalue weighted by Crippen LogP contribution is -2.30. The molecule has 6 nitrogen and oxygen atoms in total. The second kappa shape index (κ2) is 6.84. The van der Waals surface area contributed by atoms with Crippen LogP contribution in [0.15, 0.2) is 12.1 Å². The van der Waals surface area contributed by atoms with E-state index in [1.807, 2.05) is 6.07 Å². The normalized spacial score (nSPS) is 11.8. The molecule has 0 bridgehead atoms. The van der Waals surface area contributed by atoms with E-state index in [2.05, 4.69) is 0 Å². The number of aryl methyl sites for hydroxylation is 1. The smallest absolute Gasteiger partial charge is 0.320 e. The molecule has 0 heterocycles. The fourth-order valence-electron chi connectivity index (χ4n) is 1.79. The maximum absolute atomic E-state index is 10.7. The van der Waals surface area contributed by atoms with Crippen LogP contribution >= 0.6 is 0 Å². The van der Waals surface area contributed by atoms with Crippen LogP contribution in [0.4, 0.5) is 0 Å². The molecular weight excluding hydrogens is 250 g/mol. The highest BCUT2D eigenvalue weighted by atomic mass is 16.5. The predicted molar refractivity (Wildman–Crippen MR) is 70.0 cm³/mol. The molecule has 0 aliphatic heterocycles. The molecule has 3 N–H and O–H groups in total. The summed E-state index contributed by atoms with van der Waals surface area (Å²) in [7, 11) is 4.59. The van der Waals surface area contributed by atoms with E-state index in [9.17, 15) is 4.79 Å². The van der Waals surface area contributed by atoms with Crippen LogP contribution in [0.1, 0.15) is 12.0 Å². The summed E-state index contributed by atoms with van der Waals surface area (Å²) in [5, 5.41) is 8.77. The van der Waals surface area contributed by atoms with Gasteiger partial charge in [0, 0.05) is 0 Å². The Bertz CT molecular complexity index is 447. The largest absolute Gasteiger partial charge is 0.493 e. The van der Waals surface area contributed by atoms with Gasteiger partial charge in [-0.2, -0.15) is 0 Å². The van der Waals surface area contributed by atoms with Crippen molar-refractivity contribution in [3.05, 3.63) is 17.7 Å². The van der Waals surface area contributed by atoms with Gasteiger partial charge in [-0.25, -0.2) is 0 Å². The van der Waals surface area contributed by atoms with E-state index in [0.29, 0.717) is 30.1 Å². The van der Waals surface area contributed by atoms with Crippen molar-refractivity contribution < 1.29 is 24.1 Å². The zero-order valence-electron chi connectivity index (χ0n) is 11.3. The quantitative estimate of drug-likeness (QED) is 0.769. The van der Waals surface area contributed by atoms with Crippen molar-refractivity contribution in [2.75, 3.05) is 21.3 Å². The number of nitrogens with two attached hydrogens (primary N) is 1. The Morgan fingerprint density at radius 2 is 1.84 bits per heavy atom. The van der Waals surface area contributed by atoms with E-state index in [1.165, 1.54) is 21.3 Å². The van der Waals surface area contributed by atoms with E-state index in [1.54, 1.807) is 6.07 Å². The molecule has 0 spiro atoms. The third-order valence-corrected chi connectivity index (χ3v) is 2.83. The molecule has 0 aliphatic carbocycles. The van der Waals surface area contributed by atoms with Crippen molar-refractivity contribution in [1.29, 1.82) is 0 Å². The monoisotopic (exact) mass is 269 g/mol. The molecule has 0 unspecified atom stereocenters. The van der Waals surface area contributed by atoms with Gasteiger partial charge >= 0.3 is 5.97 Å². The lowest BCUT2D eigenvalue weighted by atomic mass is 10.0. The highest BCUT2D eigenvalue weighted by molar-refractivity contribution is 5.73. The van der Waals surface area contributed by atoms with Gasteiger partial charge < -0.3 is 25.1 Å².